The van der Waals surface area contributed by atoms with Crippen LogP contribution in [0.5, 0.6) is 0 Å². The number of carbonyl (C=O) groups is 1. The first kappa shape index (κ1) is 22.6. The highest BCUT2D eigenvalue weighted by molar-refractivity contribution is 9.10. The number of anilines is 1. The van der Waals surface area contributed by atoms with E-state index in [4.69, 9.17) is 0 Å². The monoisotopic (exact) mass is 463 g/mol. The van der Waals surface area contributed by atoms with Crippen LogP contribution in [-0.2, 0) is 4.79 Å². The summed E-state index contributed by atoms with van der Waals surface area (Å²) in [5, 5.41) is 2.95. The van der Waals surface area contributed by atoms with Gasteiger partial charge in [-0.3, -0.25) is 9.69 Å². The number of nitrogens with one attached hydrogen (secondary N) is 1. The standard InChI is InChI=1S/C22H26BrN3O.ClH/c23-20-8-10-21(11-9-20)24-22(27)12-14-26-17-15-25(16-18-26)13-4-7-19-5-2-1-3-6-19;/h1-11H,12-18H2,(H,24,27);1H/b7-4+;. The molecule has 1 fully saturated rings. The van der Waals surface area contributed by atoms with Gasteiger partial charge in [0.15, 0.2) is 0 Å². The molecule has 150 valence electrons. The van der Waals surface area contributed by atoms with Gasteiger partial charge in [-0.15, -0.1) is 12.4 Å². The van der Waals surface area contributed by atoms with E-state index in [1.807, 2.05) is 30.3 Å². The van der Waals surface area contributed by atoms with Gasteiger partial charge in [0, 0.05) is 55.8 Å². The number of piperazine rings is 1. The zero-order chi connectivity index (χ0) is 18.9. The number of hydrogen-bond donors (Lipinski definition) is 1. The van der Waals surface area contributed by atoms with Gasteiger partial charge >= 0.3 is 0 Å². The maximum atomic E-state index is 12.1. The highest BCUT2D eigenvalue weighted by Gasteiger charge is 2.16. The van der Waals surface area contributed by atoms with Gasteiger partial charge in [-0.05, 0) is 29.8 Å². The van der Waals surface area contributed by atoms with Crippen molar-refractivity contribution >= 4 is 46.0 Å². The lowest BCUT2D eigenvalue weighted by molar-refractivity contribution is -0.116. The van der Waals surface area contributed by atoms with Gasteiger partial charge in [-0.2, -0.15) is 0 Å². The Morgan fingerprint density at radius 1 is 0.964 bits per heavy atom. The minimum Gasteiger partial charge on any atom is -0.326 e. The van der Waals surface area contributed by atoms with Gasteiger partial charge in [0.05, 0.1) is 0 Å². The van der Waals surface area contributed by atoms with Gasteiger partial charge in [0.1, 0.15) is 0 Å². The van der Waals surface area contributed by atoms with Crippen LogP contribution in [0.3, 0.4) is 0 Å². The van der Waals surface area contributed by atoms with Gasteiger partial charge in [0.2, 0.25) is 5.91 Å². The van der Waals surface area contributed by atoms with Gasteiger partial charge in [-0.1, -0.05) is 58.4 Å². The molecule has 1 amide bonds. The van der Waals surface area contributed by atoms with Crippen LogP contribution in [0.2, 0.25) is 0 Å². The van der Waals surface area contributed by atoms with Crippen LogP contribution in [0.25, 0.3) is 6.08 Å². The lowest BCUT2D eigenvalue weighted by Crippen LogP contribution is -2.46. The average molecular weight is 465 g/mol. The minimum absolute atomic E-state index is 0. The molecule has 0 unspecified atom stereocenters. The number of halogens is 2. The molecule has 28 heavy (non-hydrogen) atoms. The zero-order valence-corrected chi connectivity index (χ0v) is 18.3. The molecule has 2 aromatic carbocycles. The largest absolute Gasteiger partial charge is 0.326 e. The Labute approximate surface area is 182 Å². The molecule has 0 aliphatic carbocycles. The predicted octanol–water partition coefficient (Wildman–Crippen LogP) is 4.53. The molecule has 0 bridgehead atoms. The van der Waals surface area contributed by atoms with E-state index >= 15 is 0 Å². The summed E-state index contributed by atoms with van der Waals surface area (Å²) in [6.45, 7) is 5.93. The molecule has 0 aromatic heterocycles. The third kappa shape index (κ3) is 7.76. The Hall–Kier alpha value is -1.66. The topological polar surface area (TPSA) is 35.6 Å². The van der Waals surface area contributed by atoms with Crippen LogP contribution in [-0.4, -0.2) is 55.0 Å². The van der Waals surface area contributed by atoms with E-state index in [0.717, 1.165) is 49.4 Å². The van der Waals surface area contributed by atoms with Gasteiger partial charge in [-0.25, -0.2) is 0 Å². The summed E-state index contributed by atoms with van der Waals surface area (Å²) in [4.78, 5) is 16.9. The van der Waals surface area contributed by atoms with Crippen LogP contribution in [0.4, 0.5) is 5.69 Å². The summed E-state index contributed by atoms with van der Waals surface area (Å²) in [6, 6.07) is 18.1. The van der Waals surface area contributed by atoms with Crippen LogP contribution >= 0.6 is 28.3 Å². The molecule has 3 rings (SSSR count). The van der Waals surface area contributed by atoms with E-state index in [2.05, 4.69) is 67.5 Å². The van der Waals surface area contributed by atoms with Gasteiger partial charge < -0.3 is 10.2 Å². The van der Waals surface area contributed by atoms with E-state index in [1.165, 1.54) is 5.56 Å². The molecule has 4 nitrogen and oxygen atoms in total. The molecule has 1 heterocycles. The zero-order valence-electron chi connectivity index (χ0n) is 15.9. The number of hydrogen-bond acceptors (Lipinski definition) is 3. The summed E-state index contributed by atoms with van der Waals surface area (Å²) in [5.41, 5.74) is 2.09. The molecule has 2 aromatic rings. The third-order valence-electron chi connectivity index (χ3n) is 4.72. The lowest BCUT2D eigenvalue weighted by atomic mass is 10.2. The fourth-order valence-electron chi connectivity index (χ4n) is 3.11. The van der Waals surface area contributed by atoms with Gasteiger partial charge in [0.25, 0.3) is 0 Å². The molecule has 1 saturated heterocycles. The molecule has 1 aliphatic rings. The summed E-state index contributed by atoms with van der Waals surface area (Å²) in [6.07, 6.45) is 4.94. The first-order valence-corrected chi connectivity index (χ1v) is 10.2. The number of carbonyl (C=O) groups excluding carboxylic acids is 1. The van der Waals surface area contributed by atoms with Crippen LogP contribution in [0.1, 0.15) is 12.0 Å². The van der Waals surface area contributed by atoms with E-state index in [-0.39, 0.29) is 18.3 Å². The lowest BCUT2D eigenvalue weighted by Gasteiger charge is -2.34. The number of amides is 1. The highest BCUT2D eigenvalue weighted by atomic mass is 79.9. The van der Waals surface area contributed by atoms with E-state index < -0.39 is 0 Å². The molecule has 0 saturated carbocycles. The third-order valence-corrected chi connectivity index (χ3v) is 5.25. The molecule has 0 spiro atoms. The molecule has 0 radical (unpaired) electrons. The number of nitrogens with zero attached hydrogens (tertiary/aromatic N) is 2. The van der Waals surface area contributed by atoms with Crippen molar-refractivity contribution in [2.24, 2.45) is 0 Å². The second-order valence-corrected chi connectivity index (χ2v) is 7.68. The maximum Gasteiger partial charge on any atom is 0.225 e. The second kappa shape index (κ2) is 12.0. The normalized spacial score (nSPS) is 15.3. The Morgan fingerprint density at radius 3 is 2.29 bits per heavy atom. The molecule has 6 heteroatoms. The van der Waals surface area contributed by atoms with Crippen LogP contribution in [0.15, 0.2) is 65.1 Å². The van der Waals surface area contributed by atoms with Crippen molar-refractivity contribution in [3.05, 3.63) is 70.7 Å². The number of rotatable bonds is 7. The first-order chi connectivity index (χ1) is 13.2. The van der Waals surface area contributed by atoms with E-state index in [1.54, 1.807) is 0 Å². The molecular weight excluding hydrogens is 438 g/mol. The summed E-state index contributed by atoms with van der Waals surface area (Å²) >= 11 is 3.40. The highest BCUT2D eigenvalue weighted by Crippen LogP contribution is 2.14. The smallest absolute Gasteiger partial charge is 0.225 e. The summed E-state index contributed by atoms with van der Waals surface area (Å²) in [7, 11) is 0. The van der Waals surface area contributed by atoms with Crippen LogP contribution < -0.4 is 5.32 Å². The van der Waals surface area contributed by atoms with E-state index in [9.17, 15) is 4.79 Å². The van der Waals surface area contributed by atoms with Crippen molar-refractivity contribution in [2.75, 3.05) is 44.6 Å². The summed E-state index contributed by atoms with van der Waals surface area (Å²) in [5.74, 6) is 0.0746. The van der Waals surface area contributed by atoms with Crippen molar-refractivity contribution in [2.45, 2.75) is 6.42 Å². The van der Waals surface area contributed by atoms with Crippen molar-refractivity contribution in [3.63, 3.8) is 0 Å². The fourth-order valence-corrected chi connectivity index (χ4v) is 3.38. The number of benzene rings is 2. The van der Waals surface area contributed by atoms with Crippen molar-refractivity contribution < 1.29 is 4.79 Å². The maximum absolute atomic E-state index is 12.1. The minimum atomic E-state index is 0. The second-order valence-electron chi connectivity index (χ2n) is 6.76. The van der Waals surface area contributed by atoms with Crippen molar-refractivity contribution in [1.29, 1.82) is 0 Å². The van der Waals surface area contributed by atoms with Crippen molar-refractivity contribution in [1.82, 2.24) is 9.80 Å². The van der Waals surface area contributed by atoms with E-state index in [0.29, 0.717) is 6.42 Å². The van der Waals surface area contributed by atoms with Crippen molar-refractivity contribution in [3.8, 4) is 0 Å². The predicted molar refractivity (Wildman–Crippen MR) is 123 cm³/mol. The average Bonchev–Trinajstić information content (AvgIpc) is 2.70. The quantitative estimate of drug-likeness (QED) is 0.654. The van der Waals surface area contributed by atoms with Crippen LogP contribution in [0, 0.1) is 0 Å². The summed E-state index contributed by atoms with van der Waals surface area (Å²) < 4.78 is 1.01. The molecule has 0 atom stereocenters. The molecular formula is C22H27BrClN3O. The Morgan fingerprint density at radius 2 is 1.61 bits per heavy atom. The Bertz CT molecular complexity index is 744. The molecule has 1 aliphatic heterocycles. The Balaban J connectivity index is 0.00000280. The Kier molecular flexibility index (Phi) is 9.71. The first-order valence-electron chi connectivity index (χ1n) is 9.41. The SMILES string of the molecule is Cl.O=C(CCN1CCN(C/C=C/c2ccccc2)CC1)Nc1ccc(Br)cc1. The fraction of sp³-hybridized carbons (Fsp3) is 0.318. The molecule has 1 N–H and O–H groups in total.